The fraction of sp³-hybridized carbons (Fsp3) is 0.333. The van der Waals surface area contributed by atoms with Gasteiger partial charge in [-0.1, -0.05) is 50.6 Å². The lowest BCUT2D eigenvalue weighted by molar-refractivity contribution is 0.564. The second-order valence-corrected chi connectivity index (χ2v) is 6.78. The van der Waals surface area contributed by atoms with Gasteiger partial charge >= 0.3 is 0 Å². The van der Waals surface area contributed by atoms with E-state index in [1.54, 1.807) is 11.8 Å². The third-order valence-electron chi connectivity index (χ3n) is 2.62. The van der Waals surface area contributed by atoms with E-state index >= 15 is 0 Å². The molecule has 1 aromatic heterocycles. The summed E-state index contributed by atoms with van der Waals surface area (Å²) in [6.45, 7) is 6.37. The number of rotatable bonds is 3. The fourth-order valence-electron chi connectivity index (χ4n) is 1.58. The Morgan fingerprint density at radius 1 is 1.11 bits per heavy atom. The fourth-order valence-corrected chi connectivity index (χ4v) is 2.55. The summed E-state index contributed by atoms with van der Waals surface area (Å²) < 4.78 is 0. The van der Waals surface area contributed by atoms with Crippen molar-refractivity contribution in [3.05, 3.63) is 53.1 Å². The molecule has 0 aliphatic rings. The minimum Gasteiger partial charge on any atom is -0.236 e. The van der Waals surface area contributed by atoms with Crippen LogP contribution in [0.5, 0.6) is 0 Å². The lowest BCUT2D eigenvalue weighted by Crippen LogP contribution is -2.15. The van der Waals surface area contributed by atoms with Crippen LogP contribution in [-0.4, -0.2) is 9.97 Å². The van der Waals surface area contributed by atoms with Gasteiger partial charge in [0.2, 0.25) is 0 Å². The molecular formula is C15H17ClN2S. The summed E-state index contributed by atoms with van der Waals surface area (Å²) in [7, 11) is 0. The molecule has 0 bridgehead atoms. The molecule has 0 amide bonds. The largest absolute Gasteiger partial charge is 0.236 e. The van der Waals surface area contributed by atoms with Crippen molar-refractivity contribution >= 4 is 23.4 Å². The normalized spacial score (nSPS) is 11.6. The van der Waals surface area contributed by atoms with Crippen LogP contribution in [0.2, 0.25) is 5.15 Å². The van der Waals surface area contributed by atoms with Gasteiger partial charge in [0, 0.05) is 10.3 Å². The lowest BCUT2D eigenvalue weighted by atomic mass is 9.92. The highest BCUT2D eigenvalue weighted by Crippen LogP contribution is 2.25. The first-order valence-electron chi connectivity index (χ1n) is 6.17. The Hall–Kier alpha value is -1.06. The first kappa shape index (κ1) is 14.4. The van der Waals surface area contributed by atoms with Gasteiger partial charge < -0.3 is 0 Å². The highest BCUT2D eigenvalue weighted by atomic mass is 35.5. The van der Waals surface area contributed by atoms with Crippen LogP contribution in [0.1, 0.15) is 32.3 Å². The first-order valence-corrected chi connectivity index (χ1v) is 7.53. The average molecular weight is 293 g/mol. The van der Waals surface area contributed by atoms with Gasteiger partial charge in [-0.2, -0.15) is 0 Å². The Bertz CT molecular complexity index is 550. The van der Waals surface area contributed by atoms with E-state index < -0.39 is 0 Å². The van der Waals surface area contributed by atoms with Crippen molar-refractivity contribution in [2.24, 2.45) is 0 Å². The monoisotopic (exact) mass is 292 g/mol. The van der Waals surface area contributed by atoms with E-state index in [4.69, 9.17) is 11.6 Å². The molecule has 19 heavy (non-hydrogen) atoms. The predicted molar refractivity (Wildman–Crippen MR) is 81.7 cm³/mol. The predicted octanol–water partition coefficient (Wildman–Crippen LogP) is 4.72. The van der Waals surface area contributed by atoms with Gasteiger partial charge in [-0.05, 0) is 18.2 Å². The molecule has 0 atom stereocenters. The second-order valence-electron chi connectivity index (χ2n) is 5.34. The highest BCUT2D eigenvalue weighted by molar-refractivity contribution is 7.98. The Labute approximate surface area is 123 Å². The van der Waals surface area contributed by atoms with Gasteiger partial charge in [-0.15, -0.1) is 11.8 Å². The molecule has 2 nitrogen and oxygen atoms in total. The minimum absolute atomic E-state index is 0.0151. The minimum atomic E-state index is -0.0151. The van der Waals surface area contributed by atoms with Crippen LogP contribution < -0.4 is 0 Å². The third-order valence-corrected chi connectivity index (χ3v) is 3.82. The first-order chi connectivity index (χ1) is 8.95. The number of hydrogen-bond donors (Lipinski definition) is 0. The highest BCUT2D eigenvalue weighted by Gasteiger charge is 2.17. The number of hydrogen-bond acceptors (Lipinski definition) is 3. The molecule has 100 valence electrons. The Morgan fingerprint density at radius 3 is 2.42 bits per heavy atom. The Kier molecular flexibility index (Phi) is 4.48. The second kappa shape index (κ2) is 5.93. The zero-order valence-corrected chi connectivity index (χ0v) is 12.9. The third kappa shape index (κ3) is 4.22. The van der Waals surface area contributed by atoms with Crippen molar-refractivity contribution in [1.82, 2.24) is 9.97 Å². The Balaban J connectivity index is 2.15. The van der Waals surface area contributed by atoms with Crippen LogP contribution in [0, 0.1) is 0 Å². The summed E-state index contributed by atoms with van der Waals surface area (Å²) >= 11 is 7.80. The zero-order chi connectivity index (χ0) is 13.9. The number of nitrogens with zero attached hydrogens (tertiary/aromatic N) is 2. The van der Waals surface area contributed by atoms with Crippen molar-refractivity contribution < 1.29 is 0 Å². The smallest absolute Gasteiger partial charge is 0.140 e. The molecule has 0 N–H and O–H groups in total. The van der Waals surface area contributed by atoms with E-state index in [0.717, 1.165) is 17.3 Å². The van der Waals surface area contributed by atoms with E-state index in [1.807, 2.05) is 24.3 Å². The number of thioether (sulfide) groups is 1. The molecule has 0 radical (unpaired) electrons. The average Bonchev–Trinajstić information content (AvgIpc) is 2.36. The van der Waals surface area contributed by atoms with E-state index in [9.17, 15) is 0 Å². The van der Waals surface area contributed by atoms with Crippen LogP contribution in [0.4, 0.5) is 0 Å². The van der Waals surface area contributed by atoms with E-state index in [1.165, 1.54) is 4.90 Å². The van der Waals surface area contributed by atoms with Crippen molar-refractivity contribution in [2.75, 3.05) is 0 Å². The summed E-state index contributed by atoms with van der Waals surface area (Å²) in [5.41, 5.74) is 0.967. The van der Waals surface area contributed by atoms with Crippen LogP contribution in [0.25, 0.3) is 0 Å². The Morgan fingerprint density at radius 2 is 1.79 bits per heavy atom. The van der Waals surface area contributed by atoms with Crippen LogP contribution in [0.15, 0.2) is 41.3 Å². The van der Waals surface area contributed by atoms with Gasteiger partial charge in [0.15, 0.2) is 0 Å². The maximum absolute atomic E-state index is 6.08. The van der Waals surface area contributed by atoms with Crippen molar-refractivity contribution in [3.8, 4) is 0 Å². The molecule has 0 aliphatic carbocycles. The molecule has 1 aromatic carbocycles. The number of aromatic nitrogens is 2. The van der Waals surface area contributed by atoms with Crippen LogP contribution >= 0.6 is 23.4 Å². The van der Waals surface area contributed by atoms with Gasteiger partial charge in [0.1, 0.15) is 11.0 Å². The molecule has 4 heteroatoms. The van der Waals surface area contributed by atoms with Crippen molar-refractivity contribution in [3.63, 3.8) is 0 Å². The lowest BCUT2D eigenvalue weighted by Gasteiger charge is -2.18. The molecule has 0 fully saturated rings. The maximum atomic E-state index is 6.08. The van der Waals surface area contributed by atoms with Crippen molar-refractivity contribution in [2.45, 2.75) is 36.8 Å². The molecular weight excluding hydrogens is 276 g/mol. The summed E-state index contributed by atoms with van der Waals surface area (Å²) in [6.07, 6.45) is 0. The topological polar surface area (TPSA) is 25.8 Å². The van der Waals surface area contributed by atoms with Gasteiger partial charge in [0.25, 0.3) is 0 Å². The molecule has 0 unspecified atom stereocenters. The summed E-state index contributed by atoms with van der Waals surface area (Å²) in [6, 6.07) is 12.1. The summed E-state index contributed by atoms with van der Waals surface area (Å²) in [5.74, 6) is 1.51. The van der Waals surface area contributed by atoms with Gasteiger partial charge in [-0.25, -0.2) is 9.97 Å². The zero-order valence-electron chi connectivity index (χ0n) is 11.4. The SMILES string of the molecule is CC(C)(C)c1cc(Cl)nc(CSc2ccccc2)n1. The molecule has 1 heterocycles. The maximum Gasteiger partial charge on any atom is 0.140 e. The number of halogens is 1. The molecule has 0 saturated carbocycles. The quantitative estimate of drug-likeness (QED) is 0.605. The molecule has 2 rings (SSSR count). The van der Waals surface area contributed by atoms with E-state index in [-0.39, 0.29) is 5.41 Å². The number of benzene rings is 1. The van der Waals surface area contributed by atoms with Gasteiger partial charge in [0.05, 0.1) is 11.4 Å². The van der Waals surface area contributed by atoms with Crippen LogP contribution in [0.3, 0.4) is 0 Å². The molecule has 0 aliphatic heterocycles. The molecule has 0 saturated heterocycles. The molecule has 2 aromatic rings. The van der Waals surface area contributed by atoms with Crippen molar-refractivity contribution in [1.29, 1.82) is 0 Å². The van der Waals surface area contributed by atoms with E-state index in [0.29, 0.717) is 5.15 Å². The standard InChI is InChI=1S/C15H17ClN2S/c1-15(2,3)12-9-13(16)18-14(17-12)10-19-11-7-5-4-6-8-11/h4-9H,10H2,1-3H3. The molecule has 0 spiro atoms. The summed E-state index contributed by atoms with van der Waals surface area (Å²) in [4.78, 5) is 10.1. The van der Waals surface area contributed by atoms with E-state index in [2.05, 4.69) is 42.9 Å². The van der Waals surface area contributed by atoms with Gasteiger partial charge in [-0.3, -0.25) is 0 Å². The van der Waals surface area contributed by atoms with Crippen LogP contribution in [-0.2, 0) is 11.2 Å². The summed E-state index contributed by atoms with van der Waals surface area (Å²) in [5, 5.41) is 0.517.